The van der Waals surface area contributed by atoms with Crippen LogP contribution in [0.25, 0.3) is 0 Å². The Kier molecular flexibility index (Phi) is 3.82. The molecule has 1 aliphatic rings. The molecule has 4 heteroatoms. The molecule has 2 rings (SSSR count). The van der Waals surface area contributed by atoms with Gasteiger partial charge in [0.25, 0.3) is 5.91 Å². The van der Waals surface area contributed by atoms with Gasteiger partial charge in [0, 0.05) is 19.2 Å². The molecule has 0 aliphatic heterocycles. The fraction of sp³-hybridized carbons (Fsp3) is 0.692. The molecule has 94 valence electrons. The molecule has 1 saturated carbocycles. The van der Waals surface area contributed by atoms with E-state index in [9.17, 15) is 4.79 Å². The Morgan fingerprint density at radius 2 is 2.00 bits per heavy atom. The molecule has 0 radical (unpaired) electrons. The van der Waals surface area contributed by atoms with Crippen LogP contribution < -0.4 is 0 Å². The smallest absolute Gasteiger partial charge is 0.276 e. The average molecular weight is 236 g/mol. The number of aryl methyl sites for hydroxylation is 1. The van der Waals surface area contributed by atoms with Gasteiger partial charge in [-0.1, -0.05) is 30.8 Å². The van der Waals surface area contributed by atoms with Crippen molar-refractivity contribution in [3.05, 3.63) is 17.5 Å². The van der Waals surface area contributed by atoms with E-state index in [1.54, 1.807) is 13.0 Å². The number of aromatic nitrogens is 1. The summed E-state index contributed by atoms with van der Waals surface area (Å²) in [6, 6.07) is 2.07. The van der Waals surface area contributed by atoms with Crippen LogP contribution in [0.5, 0.6) is 0 Å². The third-order valence-electron chi connectivity index (χ3n) is 3.54. The first-order chi connectivity index (χ1) is 8.18. The van der Waals surface area contributed by atoms with Gasteiger partial charge in [0.2, 0.25) is 0 Å². The van der Waals surface area contributed by atoms with Gasteiger partial charge in [-0.25, -0.2) is 0 Å². The fourth-order valence-electron chi connectivity index (χ4n) is 2.46. The van der Waals surface area contributed by atoms with Gasteiger partial charge in [-0.05, 0) is 19.8 Å². The molecule has 1 heterocycles. The molecule has 4 nitrogen and oxygen atoms in total. The van der Waals surface area contributed by atoms with Gasteiger partial charge >= 0.3 is 0 Å². The van der Waals surface area contributed by atoms with Crippen molar-refractivity contribution in [3.8, 4) is 0 Å². The minimum Gasteiger partial charge on any atom is -0.361 e. The van der Waals surface area contributed by atoms with E-state index in [0.29, 0.717) is 17.5 Å². The maximum atomic E-state index is 12.2. The topological polar surface area (TPSA) is 46.3 Å². The zero-order chi connectivity index (χ0) is 12.3. The Morgan fingerprint density at radius 3 is 2.53 bits per heavy atom. The van der Waals surface area contributed by atoms with E-state index in [0.717, 1.165) is 12.8 Å². The molecule has 0 saturated heterocycles. The van der Waals surface area contributed by atoms with E-state index in [1.807, 2.05) is 11.9 Å². The molecule has 1 fully saturated rings. The predicted octanol–water partition coefficient (Wildman–Crippen LogP) is 2.78. The molecule has 0 bridgehead atoms. The monoisotopic (exact) mass is 236 g/mol. The van der Waals surface area contributed by atoms with Crippen LogP contribution in [0.1, 0.15) is 54.8 Å². The molecule has 0 atom stereocenters. The van der Waals surface area contributed by atoms with E-state index in [1.165, 1.54) is 25.7 Å². The van der Waals surface area contributed by atoms with Crippen molar-refractivity contribution >= 4 is 5.91 Å². The van der Waals surface area contributed by atoms with Crippen LogP contribution in [-0.4, -0.2) is 29.1 Å². The molecule has 1 aromatic rings. The molecule has 1 amide bonds. The van der Waals surface area contributed by atoms with Crippen LogP contribution in [0.2, 0.25) is 0 Å². The van der Waals surface area contributed by atoms with Crippen molar-refractivity contribution in [1.82, 2.24) is 10.1 Å². The normalized spacial score (nSPS) is 17.8. The molecule has 0 spiro atoms. The number of hydrogen-bond donors (Lipinski definition) is 0. The largest absolute Gasteiger partial charge is 0.361 e. The minimum absolute atomic E-state index is 0.0197. The summed E-state index contributed by atoms with van der Waals surface area (Å²) in [5, 5.41) is 3.79. The lowest BCUT2D eigenvalue weighted by Gasteiger charge is -2.26. The maximum absolute atomic E-state index is 12.2. The number of hydrogen-bond acceptors (Lipinski definition) is 3. The second-order valence-corrected chi connectivity index (χ2v) is 4.88. The lowest BCUT2D eigenvalue weighted by Crippen LogP contribution is -2.36. The number of carbonyl (C=O) groups excluding carboxylic acids is 1. The van der Waals surface area contributed by atoms with Crippen molar-refractivity contribution in [3.63, 3.8) is 0 Å². The first-order valence-corrected chi connectivity index (χ1v) is 6.39. The van der Waals surface area contributed by atoms with Gasteiger partial charge in [0.1, 0.15) is 5.76 Å². The Hall–Kier alpha value is -1.32. The highest BCUT2D eigenvalue weighted by atomic mass is 16.5. The van der Waals surface area contributed by atoms with Crippen LogP contribution in [0.4, 0.5) is 0 Å². The highest BCUT2D eigenvalue weighted by Crippen LogP contribution is 2.22. The highest BCUT2D eigenvalue weighted by Gasteiger charge is 2.24. The van der Waals surface area contributed by atoms with E-state index in [4.69, 9.17) is 4.52 Å². The van der Waals surface area contributed by atoms with Crippen LogP contribution >= 0.6 is 0 Å². The first kappa shape index (κ1) is 12.1. The molecular formula is C13H20N2O2. The molecule has 0 N–H and O–H groups in total. The van der Waals surface area contributed by atoms with Gasteiger partial charge in [-0.15, -0.1) is 0 Å². The fourth-order valence-corrected chi connectivity index (χ4v) is 2.46. The van der Waals surface area contributed by atoms with Crippen molar-refractivity contribution in [2.24, 2.45) is 0 Å². The van der Waals surface area contributed by atoms with E-state index >= 15 is 0 Å². The lowest BCUT2D eigenvalue weighted by atomic mass is 10.1. The van der Waals surface area contributed by atoms with Gasteiger partial charge in [-0.3, -0.25) is 4.79 Å². The third-order valence-corrected chi connectivity index (χ3v) is 3.54. The average Bonchev–Trinajstić information content (AvgIpc) is 2.60. The van der Waals surface area contributed by atoms with Crippen LogP contribution in [0.15, 0.2) is 10.6 Å². The second-order valence-electron chi connectivity index (χ2n) is 4.88. The number of carbonyl (C=O) groups is 1. The zero-order valence-electron chi connectivity index (χ0n) is 10.6. The quantitative estimate of drug-likeness (QED) is 0.742. The summed E-state index contributed by atoms with van der Waals surface area (Å²) in [6.07, 6.45) is 7.25. The molecule has 1 aromatic heterocycles. The van der Waals surface area contributed by atoms with E-state index < -0.39 is 0 Å². The third kappa shape index (κ3) is 2.87. The highest BCUT2D eigenvalue weighted by molar-refractivity contribution is 5.92. The Bertz CT molecular complexity index is 379. The minimum atomic E-state index is -0.0197. The van der Waals surface area contributed by atoms with Crippen LogP contribution in [-0.2, 0) is 0 Å². The summed E-state index contributed by atoms with van der Waals surface area (Å²) >= 11 is 0. The summed E-state index contributed by atoms with van der Waals surface area (Å²) in [5.41, 5.74) is 0.425. The summed E-state index contributed by atoms with van der Waals surface area (Å²) in [5.74, 6) is 0.663. The molecule has 0 unspecified atom stereocenters. The molecule has 1 aliphatic carbocycles. The van der Waals surface area contributed by atoms with Crippen molar-refractivity contribution < 1.29 is 9.32 Å². The number of amides is 1. The zero-order valence-corrected chi connectivity index (χ0v) is 10.6. The first-order valence-electron chi connectivity index (χ1n) is 6.39. The SMILES string of the molecule is Cc1cc(C(=O)N(C)C2CCCCCC2)no1. The molecular weight excluding hydrogens is 216 g/mol. The number of nitrogens with zero attached hydrogens (tertiary/aromatic N) is 2. The lowest BCUT2D eigenvalue weighted by molar-refractivity contribution is 0.0707. The van der Waals surface area contributed by atoms with Gasteiger partial charge < -0.3 is 9.42 Å². The summed E-state index contributed by atoms with van der Waals surface area (Å²) in [6.45, 7) is 1.80. The van der Waals surface area contributed by atoms with Crippen LogP contribution in [0, 0.1) is 6.92 Å². The Labute approximate surface area is 102 Å². The number of rotatable bonds is 2. The van der Waals surface area contributed by atoms with Crippen molar-refractivity contribution in [2.45, 2.75) is 51.5 Å². The van der Waals surface area contributed by atoms with Crippen molar-refractivity contribution in [1.29, 1.82) is 0 Å². The Morgan fingerprint density at radius 1 is 1.35 bits per heavy atom. The van der Waals surface area contributed by atoms with Crippen molar-refractivity contribution in [2.75, 3.05) is 7.05 Å². The summed E-state index contributed by atoms with van der Waals surface area (Å²) < 4.78 is 4.95. The van der Waals surface area contributed by atoms with Gasteiger partial charge in [0.15, 0.2) is 5.69 Å². The van der Waals surface area contributed by atoms with Gasteiger partial charge in [0.05, 0.1) is 0 Å². The Balaban J connectivity index is 2.03. The molecule has 17 heavy (non-hydrogen) atoms. The van der Waals surface area contributed by atoms with Crippen LogP contribution in [0.3, 0.4) is 0 Å². The standard InChI is InChI=1S/C13H20N2O2/c1-10-9-12(14-17-10)13(16)15(2)11-7-5-3-4-6-8-11/h9,11H,3-8H2,1-2H3. The summed E-state index contributed by atoms with van der Waals surface area (Å²) in [7, 11) is 1.88. The second kappa shape index (κ2) is 5.34. The molecule has 0 aromatic carbocycles. The summed E-state index contributed by atoms with van der Waals surface area (Å²) in [4.78, 5) is 14.0. The van der Waals surface area contributed by atoms with E-state index in [2.05, 4.69) is 5.16 Å². The van der Waals surface area contributed by atoms with Gasteiger partial charge in [-0.2, -0.15) is 0 Å². The van der Waals surface area contributed by atoms with E-state index in [-0.39, 0.29) is 5.91 Å². The maximum Gasteiger partial charge on any atom is 0.276 e. The predicted molar refractivity (Wildman–Crippen MR) is 64.8 cm³/mol.